The van der Waals surface area contributed by atoms with E-state index in [0.717, 1.165) is 26.3 Å². The average molecular weight is 199 g/mol. The first kappa shape index (κ1) is 10.4. The molecule has 2 fully saturated rings. The molecule has 0 aromatic rings. The van der Waals surface area contributed by atoms with Crippen LogP contribution in [-0.4, -0.2) is 39.0 Å². The zero-order valence-corrected chi connectivity index (χ0v) is 9.27. The fourth-order valence-electron chi connectivity index (χ4n) is 2.56. The fourth-order valence-corrected chi connectivity index (χ4v) is 2.56. The highest BCUT2D eigenvalue weighted by Crippen LogP contribution is 2.40. The van der Waals surface area contributed by atoms with Gasteiger partial charge in [0.2, 0.25) is 0 Å². The van der Waals surface area contributed by atoms with Crippen LogP contribution in [0.4, 0.5) is 0 Å². The summed E-state index contributed by atoms with van der Waals surface area (Å²) >= 11 is 0. The van der Waals surface area contributed by atoms with Gasteiger partial charge in [-0.3, -0.25) is 0 Å². The van der Waals surface area contributed by atoms with Crippen molar-refractivity contribution in [1.82, 2.24) is 5.32 Å². The van der Waals surface area contributed by atoms with Crippen LogP contribution in [0, 0.1) is 5.41 Å². The monoisotopic (exact) mass is 199 g/mol. The largest absolute Gasteiger partial charge is 0.381 e. The molecular weight excluding hydrogens is 178 g/mol. The van der Waals surface area contributed by atoms with E-state index < -0.39 is 0 Å². The number of hydrogen-bond acceptors (Lipinski definition) is 3. The molecule has 2 aliphatic heterocycles. The molecule has 2 heterocycles. The van der Waals surface area contributed by atoms with Crippen molar-refractivity contribution in [3.63, 3.8) is 0 Å². The van der Waals surface area contributed by atoms with E-state index in [1.54, 1.807) is 0 Å². The summed E-state index contributed by atoms with van der Waals surface area (Å²) < 4.78 is 11.0. The van der Waals surface area contributed by atoms with Crippen LogP contribution in [0.3, 0.4) is 0 Å². The van der Waals surface area contributed by atoms with Gasteiger partial charge in [0.15, 0.2) is 0 Å². The lowest BCUT2D eigenvalue weighted by molar-refractivity contribution is -0.0993. The summed E-state index contributed by atoms with van der Waals surface area (Å²) in [5.74, 6) is 0. The molecule has 82 valence electrons. The lowest BCUT2D eigenvalue weighted by atomic mass is 9.71. The molecule has 2 rings (SSSR count). The van der Waals surface area contributed by atoms with Crippen molar-refractivity contribution in [2.75, 3.05) is 33.4 Å². The van der Waals surface area contributed by atoms with Crippen LogP contribution in [0.15, 0.2) is 0 Å². The first-order valence-electron chi connectivity index (χ1n) is 5.52. The maximum absolute atomic E-state index is 5.64. The van der Waals surface area contributed by atoms with E-state index in [1.807, 2.05) is 7.11 Å². The topological polar surface area (TPSA) is 30.5 Å². The molecule has 0 amide bonds. The molecule has 0 atom stereocenters. The van der Waals surface area contributed by atoms with Crippen LogP contribution >= 0.6 is 0 Å². The van der Waals surface area contributed by atoms with Crippen LogP contribution in [-0.2, 0) is 9.47 Å². The molecule has 0 unspecified atom stereocenters. The van der Waals surface area contributed by atoms with Crippen molar-refractivity contribution in [2.24, 2.45) is 5.41 Å². The highest BCUT2D eigenvalue weighted by atomic mass is 16.5. The third-order valence-corrected chi connectivity index (χ3v) is 3.78. The summed E-state index contributed by atoms with van der Waals surface area (Å²) in [5, 5.41) is 3.30. The van der Waals surface area contributed by atoms with Crippen molar-refractivity contribution in [3.8, 4) is 0 Å². The van der Waals surface area contributed by atoms with Crippen molar-refractivity contribution >= 4 is 0 Å². The Morgan fingerprint density at radius 3 is 2.36 bits per heavy atom. The van der Waals surface area contributed by atoms with Gasteiger partial charge in [-0.1, -0.05) is 6.92 Å². The Bertz CT molecular complexity index is 190. The van der Waals surface area contributed by atoms with Crippen LogP contribution in [0.1, 0.15) is 26.2 Å². The summed E-state index contributed by atoms with van der Waals surface area (Å²) in [4.78, 5) is 0. The van der Waals surface area contributed by atoms with Crippen molar-refractivity contribution in [1.29, 1.82) is 0 Å². The van der Waals surface area contributed by atoms with Gasteiger partial charge >= 0.3 is 0 Å². The van der Waals surface area contributed by atoms with Gasteiger partial charge in [0.05, 0.1) is 5.60 Å². The molecule has 0 saturated carbocycles. The fraction of sp³-hybridized carbons (Fsp3) is 1.00. The highest BCUT2D eigenvalue weighted by molar-refractivity contribution is 4.99. The second-order valence-corrected chi connectivity index (χ2v) is 5.09. The molecule has 2 saturated heterocycles. The SMILES string of the molecule is COC1(CC2(C)CCOCC2)CNC1. The molecule has 0 spiro atoms. The number of nitrogens with one attached hydrogen (secondary N) is 1. The third-order valence-electron chi connectivity index (χ3n) is 3.78. The van der Waals surface area contributed by atoms with E-state index in [0.29, 0.717) is 5.41 Å². The number of ether oxygens (including phenoxy) is 2. The van der Waals surface area contributed by atoms with E-state index in [9.17, 15) is 0 Å². The van der Waals surface area contributed by atoms with Gasteiger partial charge < -0.3 is 14.8 Å². The lowest BCUT2D eigenvalue weighted by Gasteiger charge is -2.48. The summed E-state index contributed by atoms with van der Waals surface area (Å²) in [6, 6.07) is 0. The van der Waals surface area contributed by atoms with E-state index in [4.69, 9.17) is 9.47 Å². The lowest BCUT2D eigenvalue weighted by Crippen LogP contribution is -2.62. The summed E-state index contributed by atoms with van der Waals surface area (Å²) in [6.45, 7) is 6.24. The Hall–Kier alpha value is -0.120. The summed E-state index contributed by atoms with van der Waals surface area (Å²) in [5.41, 5.74) is 0.544. The third kappa shape index (κ3) is 1.95. The van der Waals surface area contributed by atoms with Gasteiger partial charge in [0, 0.05) is 33.4 Å². The maximum Gasteiger partial charge on any atom is 0.0931 e. The molecular formula is C11H21NO2. The van der Waals surface area contributed by atoms with Gasteiger partial charge in [-0.05, 0) is 24.7 Å². The van der Waals surface area contributed by atoms with Crippen LogP contribution in [0.5, 0.6) is 0 Å². The Kier molecular flexibility index (Phi) is 2.82. The van der Waals surface area contributed by atoms with E-state index in [1.165, 1.54) is 19.3 Å². The van der Waals surface area contributed by atoms with Crippen molar-refractivity contribution < 1.29 is 9.47 Å². The molecule has 0 aromatic heterocycles. The summed E-state index contributed by atoms with van der Waals surface area (Å²) in [7, 11) is 1.84. The molecule has 0 aromatic carbocycles. The Morgan fingerprint density at radius 2 is 1.93 bits per heavy atom. The molecule has 0 aliphatic carbocycles. The van der Waals surface area contributed by atoms with Crippen molar-refractivity contribution in [2.45, 2.75) is 31.8 Å². The quantitative estimate of drug-likeness (QED) is 0.740. The van der Waals surface area contributed by atoms with E-state index in [-0.39, 0.29) is 5.60 Å². The molecule has 3 heteroatoms. The Morgan fingerprint density at radius 1 is 1.29 bits per heavy atom. The molecule has 0 bridgehead atoms. The van der Waals surface area contributed by atoms with Gasteiger partial charge in [-0.25, -0.2) is 0 Å². The van der Waals surface area contributed by atoms with E-state index in [2.05, 4.69) is 12.2 Å². The normalized spacial score (nSPS) is 29.6. The zero-order valence-electron chi connectivity index (χ0n) is 9.27. The minimum Gasteiger partial charge on any atom is -0.381 e. The van der Waals surface area contributed by atoms with Crippen LogP contribution in [0.25, 0.3) is 0 Å². The minimum atomic E-state index is 0.117. The zero-order chi connectivity index (χ0) is 10.1. The smallest absolute Gasteiger partial charge is 0.0931 e. The van der Waals surface area contributed by atoms with E-state index >= 15 is 0 Å². The van der Waals surface area contributed by atoms with Gasteiger partial charge in [0.1, 0.15) is 0 Å². The first-order valence-corrected chi connectivity index (χ1v) is 5.52. The molecule has 1 N–H and O–H groups in total. The maximum atomic E-state index is 5.64. The molecule has 0 radical (unpaired) electrons. The highest BCUT2D eigenvalue weighted by Gasteiger charge is 2.43. The second-order valence-electron chi connectivity index (χ2n) is 5.09. The van der Waals surface area contributed by atoms with Gasteiger partial charge in [-0.2, -0.15) is 0 Å². The average Bonchev–Trinajstić information content (AvgIpc) is 2.13. The van der Waals surface area contributed by atoms with Gasteiger partial charge in [0.25, 0.3) is 0 Å². The Balaban J connectivity index is 1.93. The minimum absolute atomic E-state index is 0.117. The number of methoxy groups -OCH3 is 1. The number of hydrogen-bond donors (Lipinski definition) is 1. The first-order chi connectivity index (χ1) is 6.68. The molecule has 2 aliphatic rings. The van der Waals surface area contributed by atoms with Crippen molar-refractivity contribution in [3.05, 3.63) is 0 Å². The molecule has 3 nitrogen and oxygen atoms in total. The Labute approximate surface area is 86.2 Å². The molecule has 14 heavy (non-hydrogen) atoms. The standard InChI is InChI=1S/C11H21NO2/c1-10(3-5-14-6-4-10)7-11(13-2)8-12-9-11/h12H,3-9H2,1-2H3. The number of rotatable bonds is 3. The predicted octanol–water partition coefficient (Wildman–Crippen LogP) is 1.18. The predicted molar refractivity (Wildman–Crippen MR) is 55.4 cm³/mol. The second kappa shape index (κ2) is 3.80. The van der Waals surface area contributed by atoms with Crippen LogP contribution in [0.2, 0.25) is 0 Å². The summed E-state index contributed by atoms with van der Waals surface area (Å²) in [6.07, 6.45) is 3.53. The van der Waals surface area contributed by atoms with Gasteiger partial charge in [-0.15, -0.1) is 0 Å². The van der Waals surface area contributed by atoms with Crippen LogP contribution < -0.4 is 5.32 Å².